The minimum absolute atomic E-state index is 0.884. The maximum Gasteiger partial charge on any atom is 0.0972 e. The molecular formula is C51H34N4. The Labute approximate surface area is 319 Å². The molecule has 0 atom stereocenters. The van der Waals surface area contributed by atoms with Crippen LogP contribution in [0.1, 0.15) is 0 Å². The number of anilines is 3. The maximum atomic E-state index is 5.17. The number of hydrogen-bond donors (Lipinski definition) is 0. The number of fused-ring (bicyclic) bond motifs is 4. The monoisotopic (exact) mass is 702 g/mol. The molecule has 0 aliphatic rings. The summed E-state index contributed by atoms with van der Waals surface area (Å²) in [5.74, 6) is 0. The molecule has 0 radical (unpaired) electrons. The lowest BCUT2D eigenvalue weighted by Gasteiger charge is -2.26. The maximum absolute atomic E-state index is 5.17. The second-order valence-corrected chi connectivity index (χ2v) is 13.7. The minimum Gasteiger partial charge on any atom is -0.310 e. The molecule has 3 heterocycles. The predicted molar refractivity (Wildman–Crippen MR) is 229 cm³/mol. The van der Waals surface area contributed by atoms with Gasteiger partial charge in [-0.1, -0.05) is 121 Å². The van der Waals surface area contributed by atoms with E-state index in [-0.39, 0.29) is 0 Å². The van der Waals surface area contributed by atoms with Gasteiger partial charge in [0.25, 0.3) is 0 Å². The molecule has 0 saturated heterocycles. The lowest BCUT2D eigenvalue weighted by Crippen LogP contribution is -2.10. The van der Waals surface area contributed by atoms with Gasteiger partial charge in [0.1, 0.15) is 0 Å². The van der Waals surface area contributed by atoms with Gasteiger partial charge in [-0.3, -0.25) is 9.97 Å². The minimum atomic E-state index is 0.884. The predicted octanol–water partition coefficient (Wildman–Crippen LogP) is 13.5. The molecule has 0 aliphatic carbocycles. The van der Waals surface area contributed by atoms with E-state index in [0.717, 1.165) is 56.0 Å². The van der Waals surface area contributed by atoms with Crippen LogP contribution in [0.4, 0.5) is 17.1 Å². The lowest BCUT2D eigenvalue weighted by atomic mass is 9.97. The first-order valence-electron chi connectivity index (χ1n) is 18.5. The zero-order valence-electron chi connectivity index (χ0n) is 29.9. The Morgan fingerprint density at radius 2 is 0.909 bits per heavy atom. The zero-order valence-corrected chi connectivity index (χ0v) is 29.9. The standard InChI is InChI=1S/C51H34N4/c1-3-8-35(9-4-1)36-15-20-44(21-16-36)55(46-24-26-48-42(33-46)14-13-41-32-40(19-25-47(41)48)37-27-30-52-31-28-37)45-22-17-38(18-23-45)49-34-43-12-7-29-53-50(43)51(54-49)39-10-5-2-6-11-39/h1-34H. The Kier molecular flexibility index (Phi) is 8.12. The number of rotatable bonds is 7. The summed E-state index contributed by atoms with van der Waals surface area (Å²) in [6, 6.07) is 66.7. The molecule has 10 aromatic rings. The first-order chi connectivity index (χ1) is 27.2. The fourth-order valence-corrected chi connectivity index (χ4v) is 7.61. The van der Waals surface area contributed by atoms with Crippen LogP contribution in [-0.2, 0) is 0 Å². The van der Waals surface area contributed by atoms with Crippen molar-refractivity contribution < 1.29 is 0 Å². The van der Waals surface area contributed by atoms with Crippen LogP contribution in [0.5, 0.6) is 0 Å². The fourth-order valence-electron chi connectivity index (χ4n) is 7.61. The Hall–Kier alpha value is -7.43. The van der Waals surface area contributed by atoms with Crippen molar-refractivity contribution in [1.82, 2.24) is 15.0 Å². The van der Waals surface area contributed by atoms with Crippen molar-refractivity contribution in [3.05, 3.63) is 207 Å². The van der Waals surface area contributed by atoms with E-state index in [2.05, 4.69) is 174 Å². The van der Waals surface area contributed by atoms with Gasteiger partial charge in [0, 0.05) is 52.2 Å². The second kappa shape index (κ2) is 13.8. The van der Waals surface area contributed by atoms with E-state index < -0.39 is 0 Å². The molecule has 3 aromatic heterocycles. The number of pyridine rings is 3. The molecule has 0 saturated carbocycles. The summed E-state index contributed by atoms with van der Waals surface area (Å²) in [7, 11) is 0. The summed E-state index contributed by atoms with van der Waals surface area (Å²) < 4.78 is 0. The van der Waals surface area contributed by atoms with Crippen LogP contribution >= 0.6 is 0 Å². The molecule has 4 heteroatoms. The summed E-state index contributed by atoms with van der Waals surface area (Å²) in [6.07, 6.45) is 5.52. The molecule has 0 N–H and O–H groups in total. The number of nitrogens with zero attached hydrogens (tertiary/aromatic N) is 4. The summed E-state index contributed by atoms with van der Waals surface area (Å²) >= 11 is 0. The molecule has 258 valence electrons. The van der Waals surface area contributed by atoms with Crippen molar-refractivity contribution >= 4 is 49.5 Å². The molecule has 7 aromatic carbocycles. The third-order valence-corrected chi connectivity index (χ3v) is 10.4. The van der Waals surface area contributed by atoms with Crippen molar-refractivity contribution in [3.63, 3.8) is 0 Å². The van der Waals surface area contributed by atoms with Gasteiger partial charge in [-0.05, 0) is 111 Å². The molecule has 10 rings (SSSR count). The highest BCUT2D eigenvalue weighted by Crippen LogP contribution is 2.40. The third-order valence-electron chi connectivity index (χ3n) is 10.4. The van der Waals surface area contributed by atoms with E-state index in [9.17, 15) is 0 Å². The molecule has 0 aliphatic heterocycles. The first-order valence-corrected chi connectivity index (χ1v) is 18.5. The highest BCUT2D eigenvalue weighted by atomic mass is 15.1. The first kappa shape index (κ1) is 32.2. The second-order valence-electron chi connectivity index (χ2n) is 13.7. The Morgan fingerprint density at radius 1 is 0.345 bits per heavy atom. The third kappa shape index (κ3) is 6.16. The van der Waals surface area contributed by atoms with E-state index in [1.54, 1.807) is 0 Å². The van der Waals surface area contributed by atoms with Gasteiger partial charge in [-0.25, -0.2) is 4.98 Å². The van der Waals surface area contributed by atoms with Crippen LogP contribution in [-0.4, -0.2) is 15.0 Å². The summed E-state index contributed by atoms with van der Waals surface area (Å²) in [5, 5.41) is 5.92. The van der Waals surface area contributed by atoms with Crippen molar-refractivity contribution in [2.24, 2.45) is 0 Å². The van der Waals surface area contributed by atoms with Crippen LogP contribution in [0.15, 0.2) is 207 Å². The Balaban J connectivity index is 1.06. The van der Waals surface area contributed by atoms with E-state index in [4.69, 9.17) is 9.97 Å². The smallest absolute Gasteiger partial charge is 0.0972 e. The molecule has 55 heavy (non-hydrogen) atoms. The van der Waals surface area contributed by atoms with Gasteiger partial charge < -0.3 is 4.90 Å². The van der Waals surface area contributed by atoms with Gasteiger partial charge in [-0.15, -0.1) is 0 Å². The molecule has 0 spiro atoms. The van der Waals surface area contributed by atoms with Gasteiger partial charge in [-0.2, -0.15) is 0 Å². The van der Waals surface area contributed by atoms with Gasteiger partial charge in [0.05, 0.1) is 16.9 Å². The Morgan fingerprint density at radius 3 is 1.62 bits per heavy atom. The number of benzene rings is 7. The van der Waals surface area contributed by atoms with E-state index in [1.165, 1.54) is 38.2 Å². The normalized spacial score (nSPS) is 11.3. The fraction of sp³-hybridized carbons (Fsp3) is 0. The average molecular weight is 703 g/mol. The highest BCUT2D eigenvalue weighted by Gasteiger charge is 2.16. The molecule has 0 unspecified atom stereocenters. The van der Waals surface area contributed by atoms with Crippen LogP contribution in [0.2, 0.25) is 0 Å². The zero-order chi connectivity index (χ0) is 36.6. The van der Waals surface area contributed by atoms with E-state index >= 15 is 0 Å². The average Bonchev–Trinajstić information content (AvgIpc) is 3.27. The van der Waals surface area contributed by atoms with Crippen molar-refractivity contribution in [3.8, 4) is 44.8 Å². The van der Waals surface area contributed by atoms with Crippen LogP contribution in [0.25, 0.3) is 77.2 Å². The van der Waals surface area contributed by atoms with Gasteiger partial charge in [0.15, 0.2) is 0 Å². The molecule has 4 nitrogen and oxygen atoms in total. The lowest BCUT2D eigenvalue weighted by molar-refractivity contribution is 1.28. The molecular weight excluding hydrogens is 669 g/mol. The summed E-state index contributed by atoms with van der Waals surface area (Å²) in [6.45, 7) is 0. The van der Waals surface area contributed by atoms with Crippen molar-refractivity contribution in [2.45, 2.75) is 0 Å². The highest BCUT2D eigenvalue weighted by molar-refractivity contribution is 6.09. The SMILES string of the molecule is c1ccc(-c2ccc(N(c3ccc(-c4cc5cccnc5c(-c5ccccc5)n4)cc3)c3ccc4c(ccc5cc(-c6ccncc6)ccc54)c3)cc2)cc1. The van der Waals surface area contributed by atoms with Gasteiger partial charge in [0.2, 0.25) is 0 Å². The molecule has 0 amide bonds. The number of hydrogen-bond acceptors (Lipinski definition) is 4. The van der Waals surface area contributed by atoms with E-state index in [1.807, 2.05) is 42.9 Å². The van der Waals surface area contributed by atoms with Crippen molar-refractivity contribution in [1.29, 1.82) is 0 Å². The van der Waals surface area contributed by atoms with Crippen LogP contribution < -0.4 is 4.90 Å². The molecule has 0 fully saturated rings. The van der Waals surface area contributed by atoms with Gasteiger partial charge >= 0.3 is 0 Å². The Bertz CT molecular complexity index is 2950. The topological polar surface area (TPSA) is 41.9 Å². The molecule has 0 bridgehead atoms. The number of aromatic nitrogens is 3. The summed E-state index contributed by atoms with van der Waals surface area (Å²) in [5.41, 5.74) is 12.7. The van der Waals surface area contributed by atoms with Crippen LogP contribution in [0, 0.1) is 0 Å². The van der Waals surface area contributed by atoms with Crippen LogP contribution in [0.3, 0.4) is 0 Å². The van der Waals surface area contributed by atoms with E-state index in [0.29, 0.717) is 0 Å². The summed E-state index contributed by atoms with van der Waals surface area (Å²) in [4.78, 5) is 16.4. The largest absolute Gasteiger partial charge is 0.310 e. The van der Waals surface area contributed by atoms with Crippen molar-refractivity contribution in [2.75, 3.05) is 4.90 Å². The quantitative estimate of drug-likeness (QED) is 0.155.